The van der Waals surface area contributed by atoms with Gasteiger partial charge < -0.3 is 47.9 Å². The summed E-state index contributed by atoms with van der Waals surface area (Å²) < 4.78 is 48.2. The van der Waals surface area contributed by atoms with E-state index in [0.717, 1.165) is 0 Å². The van der Waals surface area contributed by atoms with Gasteiger partial charge in [0.2, 0.25) is 0 Å². The first-order valence-corrected chi connectivity index (χ1v) is 26.2. The second-order valence-electron chi connectivity index (χ2n) is 16.1. The Labute approximate surface area is 494 Å². The normalized spacial score (nSPS) is 11.8. The van der Waals surface area contributed by atoms with Gasteiger partial charge in [0.25, 0.3) is 0 Å². The highest BCUT2D eigenvalue weighted by Gasteiger charge is 2.34. The molecule has 2 aliphatic heterocycles. The third-order valence-electron chi connectivity index (χ3n) is 12.3. The minimum Gasteiger partial charge on any atom is -0.494 e. The first-order valence-electron chi connectivity index (χ1n) is 21.7. The van der Waals surface area contributed by atoms with Gasteiger partial charge in [0, 0.05) is 22.3 Å². The van der Waals surface area contributed by atoms with E-state index < -0.39 is 0 Å². The molecule has 0 unspecified atom stereocenters. The molecule has 394 valence electrons. The van der Waals surface area contributed by atoms with Crippen molar-refractivity contribution < 1.29 is 37.9 Å². The Balaban J connectivity index is 1.70. The molecule has 24 heteroatoms. The minimum atomic E-state index is -0.0380. The number of fused-ring (bicyclic) bond motifs is 8. The molecular weight excluding hydrogens is 1230 g/mol. The molecule has 0 radical (unpaired) electrons. The Morgan fingerprint density at radius 1 is 0.263 bits per heavy atom. The number of rotatable bonds is 12. The molecule has 8 bridgehead atoms. The van der Waals surface area contributed by atoms with Gasteiger partial charge in [0.05, 0.1) is 184 Å². The van der Waals surface area contributed by atoms with Gasteiger partial charge in [-0.05, 0) is 48.6 Å². The summed E-state index contributed by atoms with van der Waals surface area (Å²) in [6.07, 6.45) is 6.74. The van der Waals surface area contributed by atoms with Gasteiger partial charge in [0.1, 0.15) is 46.0 Å². The van der Waals surface area contributed by atoms with E-state index in [1.165, 1.54) is 81.1 Å². The van der Waals surface area contributed by atoms with Crippen LogP contribution in [-0.2, 0) is 0 Å². The van der Waals surface area contributed by atoms with Gasteiger partial charge in [-0.25, -0.2) is 9.97 Å². The first-order chi connectivity index (χ1) is 36.3. The first kappa shape index (κ1) is 56.1. The monoisotopic (exact) mass is 1260 g/mol. The molecule has 9 rings (SSSR count). The number of ether oxygens (including phenoxy) is 8. The lowest BCUT2D eigenvalue weighted by atomic mass is 10.0. The number of nitrogens with zero attached hydrogens (tertiary/aromatic N) is 2. The van der Waals surface area contributed by atoms with Crippen LogP contribution < -0.4 is 37.9 Å². The number of nitrogens with one attached hydrogen (secondary N) is 2. The Morgan fingerprint density at radius 2 is 0.421 bits per heavy atom. The molecule has 0 fully saturated rings. The highest BCUT2D eigenvalue weighted by molar-refractivity contribution is 6.49. The summed E-state index contributed by atoms with van der Waals surface area (Å²) in [4.78, 5) is 17.6. The molecule has 0 aliphatic carbocycles. The largest absolute Gasteiger partial charge is 0.494 e. The molecule has 7 aromatic rings. The van der Waals surface area contributed by atoms with E-state index in [9.17, 15) is 0 Å². The topological polar surface area (TPSA) is 131 Å². The van der Waals surface area contributed by atoms with Crippen molar-refractivity contribution in [2.45, 2.75) is 0 Å². The van der Waals surface area contributed by atoms with Crippen LogP contribution in [0, 0.1) is 0 Å². The Kier molecular flexibility index (Phi) is 16.4. The van der Waals surface area contributed by atoms with Crippen LogP contribution in [-0.4, -0.2) is 76.8 Å². The van der Waals surface area contributed by atoms with Crippen LogP contribution in [0.1, 0.15) is 22.8 Å². The summed E-state index contributed by atoms with van der Waals surface area (Å²) in [5, 5.41) is 0.659. The molecule has 3 aromatic heterocycles. The highest BCUT2D eigenvalue weighted by atomic mass is 35.5. The van der Waals surface area contributed by atoms with Crippen LogP contribution in [0.15, 0.2) is 24.3 Å². The molecule has 5 heterocycles. The van der Waals surface area contributed by atoms with Crippen LogP contribution in [0.25, 0.3) is 90.9 Å². The molecule has 0 saturated heterocycles. The number of methoxy groups -OCH3 is 8. The van der Waals surface area contributed by atoms with Gasteiger partial charge in [-0.2, -0.15) is 0 Å². The van der Waals surface area contributed by atoms with Crippen LogP contribution >= 0.6 is 139 Å². The Morgan fingerprint density at radius 3 is 0.566 bits per heavy atom. The van der Waals surface area contributed by atoms with Gasteiger partial charge in [-0.15, -0.1) is 0 Å². The smallest absolute Gasteiger partial charge is 0.149 e. The van der Waals surface area contributed by atoms with E-state index in [1.54, 1.807) is 24.3 Å². The number of hydrogen-bond acceptors (Lipinski definition) is 10. The molecule has 2 N–H and O–H groups in total. The summed E-state index contributed by atoms with van der Waals surface area (Å²) in [7, 11) is 11.4. The average molecular weight is 1270 g/mol. The lowest BCUT2D eigenvalue weighted by molar-refractivity contribution is 0.397. The van der Waals surface area contributed by atoms with E-state index in [4.69, 9.17) is 187 Å². The lowest BCUT2D eigenvalue weighted by Gasteiger charge is -2.18. The summed E-state index contributed by atoms with van der Waals surface area (Å²) in [5.74, 6) is 0.924. The standard InChI is InChI=1S/C52H34Cl12N4O8/c1-69-45-17(53)13-18(54)46(70-2)33(45)29-25-9-10-26(65-25)30(34-47(71-3)19(55)14-20(56)48(34)72-4)43-39(63)40(64)44(68-43)32(36-51(75-7)23(59)16-24(60)52(36)76-8)28-12-11-27(66-28)31(42-38(62)37(61)41(29)67-42)35-49(73-5)21(57)15-22(58)50(35)74-6/h9-16,67-68H,1-8H3. The van der Waals surface area contributed by atoms with E-state index >= 15 is 0 Å². The fraction of sp³-hybridized carbons (Fsp3) is 0.154. The molecule has 4 aromatic carbocycles. The van der Waals surface area contributed by atoms with Crippen molar-refractivity contribution in [3.05, 3.63) is 107 Å². The van der Waals surface area contributed by atoms with Crippen LogP contribution in [0.5, 0.6) is 46.0 Å². The molecule has 12 nitrogen and oxygen atoms in total. The summed E-state index contributed by atoms with van der Waals surface area (Å²) in [6.45, 7) is 0. The number of hydrogen-bond donors (Lipinski definition) is 2. The molecule has 2 aliphatic rings. The Bertz CT molecular complexity index is 3280. The Hall–Kier alpha value is -4.64. The fourth-order valence-electron chi connectivity index (χ4n) is 9.25. The number of H-pyrrole nitrogens is 2. The summed E-state index contributed by atoms with van der Waals surface area (Å²) >= 11 is 85.9. The quantitative estimate of drug-likeness (QED) is 0.122. The van der Waals surface area contributed by atoms with Crippen molar-refractivity contribution in [2.75, 3.05) is 56.9 Å². The molecule has 0 spiro atoms. The molecular formula is C52H34Cl12N4O8. The maximum absolute atomic E-state index is 7.56. The fourth-order valence-corrected chi connectivity index (χ4v) is 12.7. The molecule has 76 heavy (non-hydrogen) atoms. The zero-order chi connectivity index (χ0) is 54.9. The maximum Gasteiger partial charge on any atom is 0.149 e. The minimum absolute atomic E-state index is 0.0380. The second kappa shape index (κ2) is 22.2. The van der Waals surface area contributed by atoms with Crippen molar-refractivity contribution >= 4 is 186 Å². The summed E-state index contributed by atoms with van der Waals surface area (Å²) in [6, 6.07) is 5.89. The predicted molar refractivity (Wildman–Crippen MR) is 313 cm³/mol. The van der Waals surface area contributed by atoms with E-state index in [0.29, 0.717) is 0 Å². The van der Waals surface area contributed by atoms with Crippen LogP contribution in [0.2, 0.25) is 60.3 Å². The van der Waals surface area contributed by atoms with Gasteiger partial charge in [-0.1, -0.05) is 139 Å². The van der Waals surface area contributed by atoms with Crippen molar-refractivity contribution in [3.63, 3.8) is 0 Å². The number of aromatic amines is 2. The maximum atomic E-state index is 7.56. The zero-order valence-electron chi connectivity index (χ0n) is 40.3. The lowest BCUT2D eigenvalue weighted by Crippen LogP contribution is -1.99. The molecule has 0 amide bonds. The predicted octanol–water partition coefficient (Wildman–Crippen LogP) is 19.2. The second-order valence-corrected chi connectivity index (χ2v) is 20.8. The SMILES string of the molecule is COc1c(Cl)cc(Cl)c(OC)c1-c1c2nc(c(-c3c(OC)c(Cl)cc(Cl)c3OC)c3[nH]c(c(Cl)c3Cl)c(-c3c(OC)c(Cl)cc(Cl)c3OC)c3nc(c(-c4c(OC)c(Cl)cc(Cl)c4OC)c4[nH]c1c(Cl)c4Cl)C=C3)C=C2. The van der Waals surface area contributed by atoms with E-state index in [2.05, 4.69) is 9.97 Å². The molecule has 0 saturated carbocycles. The van der Waals surface area contributed by atoms with Crippen molar-refractivity contribution in [2.24, 2.45) is 0 Å². The van der Waals surface area contributed by atoms with E-state index in [-0.39, 0.29) is 196 Å². The van der Waals surface area contributed by atoms with Gasteiger partial charge in [-0.3, -0.25) is 0 Å². The van der Waals surface area contributed by atoms with Crippen molar-refractivity contribution in [3.8, 4) is 90.5 Å². The average Bonchev–Trinajstić information content (AvgIpc) is 4.19. The van der Waals surface area contributed by atoms with Crippen molar-refractivity contribution in [1.29, 1.82) is 0 Å². The third kappa shape index (κ3) is 9.04. The number of aromatic nitrogens is 4. The van der Waals surface area contributed by atoms with E-state index in [1.807, 2.05) is 0 Å². The highest BCUT2D eigenvalue weighted by Crippen LogP contribution is 2.58. The van der Waals surface area contributed by atoms with Crippen molar-refractivity contribution in [1.82, 2.24) is 19.9 Å². The summed E-state index contributed by atoms with van der Waals surface area (Å²) in [5.41, 5.74) is 3.00. The van der Waals surface area contributed by atoms with Crippen LogP contribution in [0.4, 0.5) is 0 Å². The molecule has 0 atom stereocenters. The number of halogens is 12. The van der Waals surface area contributed by atoms with Crippen LogP contribution in [0.3, 0.4) is 0 Å². The van der Waals surface area contributed by atoms with Gasteiger partial charge >= 0.3 is 0 Å². The van der Waals surface area contributed by atoms with Gasteiger partial charge in [0.15, 0.2) is 0 Å². The number of benzene rings is 4. The zero-order valence-corrected chi connectivity index (χ0v) is 49.4. The third-order valence-corrected chi connectivity index (χ3v) is 16.2.